The predicted molar refractivity (Wildman–Crippen MR) is 58.3 cm³/mol. The van der Waals surface area contributed by atoms with Gasteiger partial charge in [0.25, 0.3) is 0 Å². The normalized spacial score (nSPS) is 10.2. The Hall–Kier alpha value is -0.980. The van der Waals surface area contributed by atoms with E-state index in [2.05, 4.69) is 19.1 Å². The Morgan fingerprint density at radius 2 is 1.69 bits per heavy atom. The first-order valence-corrected chi connectivity index (χ1v) is 5.13. The molecule has 0 aliphatic heterocycles. The molecule has 1 aromatic rings. The van der Waals surface area contributed by atoms with Crippen LogP contribution in [0.25, 0.3) is 5.73 Å². The van der Waals surface area contributed by atoms with Gasteiger partial charge in [0.05, 0.1) is 0 Å². The molecule has 0 saturated heterocycles. The maximum Gasteiger partial charge on any atom is -0.0279 e. The quantitative estimate of drug-likeness (QED) is 0.590. The first-order chi connectivity index (χ1) is 6.33. The van der Waals surface area contributed by atoms with Crippen molar-refractivity contribution in [2.45, 2.75) is 39.0 Å². The molecule has 0 fully saturated rings. The second kappa shape index (κ2) is 5.63. The van der Waals surface area contributed by atoms with Crippen LogP contribution in [0.1, 0.15) is 38.2 Å². The van der Waals surface area contributed by atoms with E-state index >= 15 is 0 Å². The summed E-state index contributed by atoms with van der Waals surface area (Å²) in [5.41, 5.74) is 9.31. The molecular formula is C12H18N-. The number of benzene rings is 1. The molecule has 1 rings (SSSR count). The zero-order chi connectivity index (χ0) is 9.52. The van der Waals surface area contributed by atoms with Gasteiger partial charge < -0.3 is 5.73 Å². The summed E-state index contributed by atoms with van der Waals surface area (Å²) in [6.45, 7) is 2.23. The van der Waals surface area contributed by atoms with Crippen LogP contribution >= 0.6 is 0 Å². The number of hydrogen-bond donors (Lipinski definition) is 0. The van der Waals surface area contributed by atoms with Gasteiger partial charge in [0.15, 0.2) is 0 Å². The molecule has 1 N–H and O–H groups in total. The molecule has 0 aromatic heterocycles. The summed E-state index contributed by atoms with van der Waals surface area (Å²) in [6.07, 6.45) is 6.42. The highest BCUT2D eigenvalue weighted by Crippen LogP contribution is 2.13. The zero-order valence-electron chi connectivity index (χ0n) is 8.34. The van der Waals surface area contributed by atoms with E-state index in [0.717, 1.165) is 0 Å². The van der Waals surface area contributed by atoms with E-state index in [1.807, 2.05) is 12.1 Å². The fourth-order valence-corrected chi connectivity index (χ4v) is 1.43. The second-order valence-electron chi connectivity index (χ2n) is 3.51. The van der Waals surface area contributed by atoms with E-state index in [9.17, 15) is 0 Å². The van der Waals surface area contributed by atoms with Gasteiger partial charge >= 0.3 is 0 Å². The Morgan fingerprint density at radius 1 is 1.00 bits per heavy atom. The van der Waals surface area contributed by atoms with Gasteiger partial charge in [-0.25, -0.2) is 0 Å². The number of nitrogens with one attached hydrogen (secondary N) is 1. The standard InChI is InChI=1S/C12H18N/c1-2-3-4-5-6-11-7-9-12(13)10-8-11/h7-10,13H,2-6H2,1H3/q-1. The van der Waals surface area contributed by atoms with Crippen LogP contribution < -0.4 is 0 Å². The molecule has 0 saturated carbocycles. The summed E-state index contributed by atoms with van der Waals surface area (Å²) >= 11 is 0. The van der Waals surface area contributed by atoms with Gasteiger partial charge in [0.2, 0.25) is 0 Å². The minimum absolute atomic E-state index is 0.609. The second-order valence-corrected chi connectivity index (χ2v) is 3.51. The fourth-order valence-electron chi connectivity index (χ4n) is 1.43. The monoisotopic (exact) mass is 176 g/mol. The average Bonchev–Trinajstić information content (AvgIpc) is 2.15. The molecule has 1 nitrogen and oxygen atoms in total. The lowest BCUT2D eigenvalue weighted by Gasteiger charge is -2.04. The molecule has 0 aliphatic rings. The van der Waals surface area contributed by atoms with Crippen molar-refractivity contribution in [1.29, 1.82) is 0 Å². The van der Waals surface area contributed by atoms with Crippen molar-refractivity contribution in [3.05, 3.63) is 35.6 Å². The Labute approximate surface area is 81.0 Å². The molecule has 0 aliphatic carbocycles. The smallest absolute Gasteiger partial charge is 0.0279 e. The summed E-state index contributed by atoms with van der Waals surface area (Å²) in [5, 5.41) is 0. The van der Waals surface area contributed by atoms with Crippen molar-refractivity contribution in [1.82, 2.24) is 0 Å². The molecule has 1 aromatic carbocycles. The average molecular weight is 176 g/mol. The van der Waals surface area contributed by atoms with Crippen LogP contribution in [0.4, 0.5) is 5.69 Å². The minimum atomic E-state index is 0.609. The van der Waals surface area contributed by atoms with Crippen LogP contribution in [0, 0.1) is 0 Å². The SMILES string of the molecule is CCCCCCc1ccc([NH-])cc1. The van der Waals surface area contributed by atoms with Gasteiger partial charge in [-0.15, -0.1) is 5.69 Å². The molecule has 1 heteroatoms. The van der Waals surface area contributed by atoms with Crippen molar-refractivity contribution in [3.63, 3.8) is 0 Å². The maximum atomic E-state index is 7.33. The Kier molecular flexibility index (Phi) is 4.37. The first kappa shape index (κ1) is 10.1. The molecule has 0 heterocycles. The van der Waals surface area contributed by atoms with Gasteiger partial charge in [0, 0.05) is 0 Å². The third-order valence-electron chi connectivity index (χ3n) is 2.27. The van der Waals surface area contributed by atoms with Crippen LogP contribution in [-0.4, -0.2) is 0 Å². The molecule has 13 heavy (non-hydrogen) atoms. The Bertz CT molecular complexity index is 225. The van der Waals surface area contributed by atoms with Crippen LogP contribution in [-0.2, 0) is 6.42 Å². The lowest BCUT2D eigenvalue weighted by molar-refractivity contribution is 0.667. The van der Waals surface area contributed by atoms with E-state index in [1.165, 1.54) is 37.7 Å². The highest BCUT2D eigenvalue weighted by molar-refractivity contribution is 5.43. The number of hydrogen-bond acceptors (Lipinski definition) is 0. The number of aryl methyl sites for hydroxylation is 1. The van der Waals surface area contributed by atoms with Gasteiger partial charge in [-0.05, 0) is 18.4 Å². The van der Waals surface area contributed by atoms with Gasteiger partial charge in [-0.1, -0.05) is 50.5 Å². The summed E-state index contributed by atoms with van der Waals surface area (Å²) < 4.78 is 0. The number of unbranched alkanes of at least 4 members (excludes halogenated alkanes) is 3. The van der Waals surface area contributed by atoms with Gasteiger partial charge in [0.1, 0.15) is 0 Å². The highest BCUT2D eigenvalue weighted by Gasteiger charge is 1.91. The van der Waals surface area contributed by atoms with Crippen molar-refractivity contribution < 1.29 is 0 Å². The summed E-state index contributed by atoms with van der Waals surface area (Å²) in [6, 6.07) is 7.87. The molecule has 72 valence electrons. The minimum Gasteiger partial charge on any atom is -0.699 e. The van der Waals surface area contributed by atoms with Crippen molar-refractivity contribution >= 4 is 5.69 Å². The molecular weight excluding hydrogens is 158 g/mol. The summed E-state index contributed by atoms with van der Waals surface area (Å²) in [5.74, 6) is 0. The summed E-state index contributed by atoms with van der Waals surface area (Å²) in [7, 11) is 0. The van der Waals surface area contributed by atoms with Crippen LogP contribution in [0.2, 0.25) is 0 Å². The van der Waals surface area contributed by atoms with Crippen molar-refractivity contribution in [2.75, 3.05) is 0 Å². The van der Waals surface area contributed by atoms with E-state index in [4.69, 9.17) is 5.73 Å². The lowest BCUT2D eigenvalue weighted by atomic mass is 10.1. The molecule has 0 atom stereocenters. The highest BCUT2D eigenvalue weighted by atomic mass is 14.5. The third-order valence-corrected chi connectivity index (χ3v) is 2.27. The maximum absolute atomic E-state index is 7.33. The van der Waals surface area contributed by atoms with Gasteiger partial charge in [-0.2, -0.15) is 0 Å². The largest absolute Gasteiger partial charge is 0.699 e. The lowest BCUT2D eigenvalue weighted by Crippen LogP contribution is -1.84. The van der Waals surface area contributed by atoms with Crippen LogP contribution in [0.15, 0.2) is 24.3 Å². The van der Waals surface area contributed by atoms with Gasteiger partial charge in [-0.3, -0.25) is 0 Å². The molecule has 0 unspecified atom stereocenters. The van der Waals surface area contributed by atoms with E-state index in [1.54, 1.807) is 0 Å². The summed E-state index contributed by atoms with van der Waals surface area (Å²) in [4.78, 5) is 0. The Morgan fingerprint density at radius 3 is 2.31 bits per heavy atom. The van der Waals surface area contributed by atoms with Crippen molar-refractivity contribution in [3.8, 4) is 0 Å². The van der Waals surface area contributed by atoms with Crippen molar-refractivity contribution in [2.24, 2.45) is 0 Å². The van der Waals surface area contributed by atoms with E-state index in [0.29, 0.717) is 5.69 Å². The zero-order valence-corrected chi connectivity index (χ0v) is 8.34. The first-order valence-electron chi connectivity index (χ1n) is 5.13. The van der Waals surface area contributed by atoms with E-state index in [-0.39, 0.29) is 0 Å². The topological polar surface area (TPSA) is 23.8 Å². The molecule has 0 spiro atoms. The number of rotatable bonds is 5. The molecule has 0 amide bonds. The third kappa shape index (κ3) is 3.97. The predicted octanol–water partition coefficient (Wildman–Crippen LogP) is 4.49. The molecule has 0 radical (unpaired) electrons. The van der Waals surface area contributed by atoms with Crippen LogP contribution in [0.5, 0.6) is 0 Å². The molecule has 0 bridgehead atoms. The fraction of sp³-hybridized carbons (Fsp3) is 0.500. The Balaban J connectivity index is 2.25. The van der Waals surface area contributed by atoms with E-state index < -0.39 is 0 Å². The van der Waals surface area contributed by atoms with Crippen LogP contribution in [0.3, 0.4) is 0 Å².